The highest BCUT2D eigenvalue weighted by Crippen LogP contribution is 2.12. The molecule has 0 heterocycles. The number of hydrogen-bond donors (Lipinski definition) is 0. The van der Waals surface area contributed by atoms with Crippen molar-refractivity contribution in [2.75, 3.05) is 13.2 Å². The first-order valence-electron chi connectivity index (χ1n) is 26.8. The molecule has 6 nitrogen and oxygen atoms in total. The molecule has 0 aromatic heterocycles. The van der Waals surface area contributed by atoms with Gasteiger partial charge < -0.3 is 14.2 Å². The minimum Gasteiger partial charge on any atom is -0.462 e. The lowest BCUT2D eigenvalue weighted by atomic mass is 10.1. The lowest BCUT2D eigenvalue weighted by Gasteiger charge is -2.18. The Balaban J connectivity index is 4.56. The fourth-order valence-corrected chi connectivity index (χ4v) is 6.80. The second-order valence-corrected chi connectivity index (χ2v) is 17.2. The van der Waals surface area contributed by atoms with Gasteiger partial charge in [-0.3, -0.25) is 14.4 Å². The quantitative estimate of drug-likeness (QED) is 0.0199. The molecule has 0 fully saturated rings. The van der Waals surface area contributed by atoms with Crippen LogP contribution in [0.5, 0.6) is 0 Å². The van der Waals surface area contributed by atoms with Crippen molar-refractivity contribution in [3.8, 4) is 0 Å². The fourth-order valence-electron chi connectivity index (χ4n) is 6.80. The van der Waals surface area contributed by atoms with Gasteiger partial charge in [0.25, 0.3) is 0 Å². The van der Waals surface area contributed by atoms with Crippen molar-refractivity contribution in [3.63, 3.8) is 0 Å². The van der Waals surface area contributed by atoms with Crippen molar-refractivity contribution in [1.29, 1.82) is 0 Å². The summed E-state index contributed by atoms with van der Waals surface area (Å²) in [6.07, 6.45) is 75.8. The summed E-state index contributed by atoms with van der Waals surface area (Å²) in [5.41, 5.74) is 0. The van der Waals surface area contributed by atoms with Gasteiger partial charge in [-0.1, -0.05) is 225 Å². The molecule has 1 unspecified atom stereocenters. The molecule has 0 radical (unpaired) electrons. The number of carbonyl (C=O) groups is 3. The normalized spacial score (nSPS) is 13.2. The molecule has 6 heteroatoms. The van der Waals surface area contributed by atoms with Gasteiger partial charge in [0.2, 0.25) is 0 Å². The predicted octanol–water partition coefficient (Wildman–Crippen LogP) is 17.9. The SMILES string of the molecule is CC\C=C/C=C\C=C/C=C\C=C/CCCCCC(=O)OCC(COC(=O)CCCCCCC/C=C\C=C/CCCCCCCCC)OC(=O)CCCCC/C=C\C/C=C\C/C=C\C/C=C\CC. The van der Waals surface area contributed by atoms with Gasteiger partial charge in [0, 0.05) is 19.3 Å². The third-order valence-electron chi connectivity index (χ3n) is 10.8. The number of allylic oxidation sites excluding steroid dienone is 22. The number of hydrogen-bond acceptors (Lipinski definition) is 6. The Morgan fingerprint density at radius 2 is 0.657 bits per heavy atom. The van der Waals surface area contributed by atoms with Crippen molar-refractivity contribution in [3.05, 3.63) is 134 Å². The Labute approximate surface area is 411 Å². The van der Waals surface area contributed by atoms with Crippen LogP contribution in [0.2, 0.25) is 0 Å². The van der Waals surface area contributed by atoms with Crippen LogP contribution in [-0.4, -0.2) is 37.2 Å². The molecule has 0 aliphatic heterocycles. The van der Waals surface area contributed by atoms with Crippen LogP contribution in [0, 0.1) is 0 Å². The van der Waals surface area contributed by atoms with Crippen LogP contribution >= 0.6 is 0 Å². The Hall–Kier alpha value is -4.45. The van der Waals surface area contributed by atoms with E-state index in [-0.39, 0.29) is 37.5 Å². The highest BCUT2D eigenvalue weighted by atomic mass is 16.6. The number of ether oxygens (including phenoxy) is 3. The molecule has 1 atom stereocenters. The summed E-state index contributed by atoms with van der Waals surface area (Å²) in [6.45, 7) is 6.28. The predicted molar refractivity (Wildman–Crippen MR) is 288 cm³/mol. The second kappa shape index (κ2) is 54.2. The van der Waals surface area contributed by atoms with E-state index in [0.29, 0.717) is 19.3 Å². The standard InChI is InChI=1S/C61H96O6/c1-4-7-10-13-16-19-22-25-28-30-31-34-36-39-42-45-48-51-54-60(63)66-57-58(56-65-59(62)53-50-47-44-41-38-35-32-27-24-21-18-15-12-9-6-3)67-61(64)55-52-49-46-43-40-37-33-29-26-23-20-17-14-11-8-5-2/h8-9,11-12,15,17-18,20-21,24,26-32,34-35,37-38,40,58H,4-7,10,13-14,16,19,22-23,25,33,36,39,41-57H2,1-3H3/b11-8-,12-9-,18-15-,20-17-,24-21-,29-26-,30-28-,32-27-,34-31-,38-35-,40-37-. The molecule has 67 heavy (non-hydrogen) atoms. The van der Waals surface area contributed by atoms with Gasteiger partial charge in [-0.15, -0.1) is 0 Å². The van der Waals surface area contributed by atoms with Gasteiger partial charge in [-0.25, -0.2) is 0 Å². The smallest absolute Gasteiger partial charge is 0.306 e. The van der Waals surface area contributed by atoms with E-state index in [1.54, 1.807) is 0 Å². The maximum absolute atomic E-state index is 12.8. The van der Waals surface area contributed by atoms with E-state index in [2.05, 4.69) is 106 Å². The van der Waals surface area contributed by atoms with Crippen LogP contribution in [0.4, 0.5) is 0 Å². The molecule has 0 saturated heterocycles. The van der Waals surface area contributed by atoms with E-state index in [1.807, 2.05) is 48.6 Å². The lowest BCUT2D eigenvalue weighted by Crippen LogP contribution is -2.30. The fraction of sp³-hybridized carbons (Fsp3) is 0.590. The molecule has 0 bridgehead atoms. The van der Waals surface area contributed by atoms with Gasteiger partial charge in [0.15, 0.2) is 6.10 Å². The molecular weight excluding hydrogens is 829 g/mol. The molecule has 0 N–H and O–H groups in total. The summed E-state index contributed by atoms with van der Waals surface area (Å²) in [6, 6.07) is 0. The molecule has 0 aliphatic rings. The van der Waals surface area contributed by atoms with Crippen molar-refractivity contribution in [2.45, 2.75) is 219 Å². The van der Waals surface area contributed by atoms with Crippen LogP contribution < -0.4 is 0 Å². The van der Waals surface area contributed by atoms with E-state index < -0.39 is 6.10 Å². The first kappa shape index (κ1) is 62.5. The van der Waals surface area contributed by atoms with Gasteiger partial charge in [0.05, 0.1) is 0 Å². The maximum atomic E-state index is 12.8. The number of esters is 3. The monoisotopic (exact) mass is 925 g/mol. The van der Waals surface area contributed by atoms with E-state index in [1.165, 1.54) is 51.4 Å². The summed E-state index contributed by atoms with van der Waals surface area (Å²) in [5.74, 6) is -1.01. The zero-order valence-corrected chi connectivity index (χ0v) is 42.9. The number of carbonyl (C=O) groups excluding carboxylic acids is 3. The summed E-state index contributed by atoms with van der Waals surface area (Å²) in [7, 11) is 0. The first-order chi connectivity index (χ1) is 33.0. The Morgan fingerprint density at radius 1 is 0.328 bits per heavy atom. The van der Waals surface area contributed by atoms with Crippen molar-refractivity contribution < 1.29 is 28.6 Å². The minimum atomic E-state index is -0.824. The molecular formula is C61H96O6. The van der Waals surface area contributed by atoms with Crippen LogP contribution in [0.1, 0.15) is 213 Å². The lowest BCUT2D eigenvalue weighted by molar-refractivity contribution is -0.167. The summed E-state index contributed by atoms with van der Waals surface area (Å²) < 4.78 is 16.7. The van der Waals surface area contributed by atoms with Crippen LogP contribution in [0.25, 0.3) is 0 Å². The zero-order chi connectivity index (χ0) is 48.6. The van der Waals surface area contributed by atoms with E-state index >= 15 is 0 Å². The molecule has 0 aliphatic carbocycles. The highest BCUT2D eigenvalue weighted by molar-refractivity contribution is 5.71. The molecule has 0 rings (SSSR count). The third-order valence-corrected chi connectivity index (χ3v) is 10.8. The van der Waals surface area contributed by atoms with Gasteiger partial charge >= 0.3 is 17.9 Å². The Kier molecular flexibility index (Phi) is 50.6. The molecule has 0 saturated carbocycles. The van der Waals surface area contributed by atoms with Gasteiger partial charge in [-0.05, 0) is 103 Å². The average Bonchev–Trinajstić information content (AvgIpc) is 3.33. The van der Waals surface area contributed by atoms with E-state index in [0.717, 1.165) is 116 Å². The second-order valence-electron chi connectivity index (χ2n) is 17.2. The Bertz CT molecular complexity index is 1480. The summed E-state index contributed by atoms with van der Waals surface area (Å²) in [4.78, 5) is 38.1. The number of rotatable bonds is 46. The van der Waals surface area contributed by atoms with Crippen LogP contribution in [-0.2, 0) is 28.6 Å². The van der Waals surface area contributed by atoms with Gasteiger partial charge in [0.1, 0.15) is 13.2 Å². The van der Waals surface area contributed by atoms with Crippen molar-refractivity contribution >= 4 is 17.9 Å². The first-order valence-corrected chi connectivity index (χ1v) is 26.8. The minimum absolute atomic E-state index is 0.118. The Morgan fingerprint density at radius 3 is 1.12 bits per heavy atom. The topological polar surface area (TPSA) is 78.9 Å². The van der Waals surface area contributed by atoms with Crippen molar-refractivity contribution in [1.82, 2.24) is 0 Å². The summed E-state index contributed by atoms with van der Waals surface area (Å²) >= 11 is 0. The van der Waals surface area contributed by atoms with Gasteiger partial charge in [-0.2, -0.15) is 0 Å². The van der Waals surface area contributed by atoms with E-state index in [9.17, 15) is 14.4 Å². The zero-order valence-electron chi connectivity index (χ0n) is 42.9. The van der Waals surface area contributed by atoms with Crippen molar-refractivity contribution in [2.24, 2.45) is 0 Å². The third kappa shape index (κ3) is 52.4. The van der Waals surface area contributed by atoms with Crippen LogP contribution in [0.15, 0.2) is 134 Å². The molecule has 0 amide bonds. The average molecular weight is 925 g/mol. The summed E-state index contributed by atoms with van der Waals surface area (Å²) in [5, 5.41) is 0. The molecule has 0 aromatic rings. The van der Waals surface area contributed by atoms with E-state index in [4.69, 9.17) is 14.2 Å². The molecule has 0 aromatic carbocycles. The highest BCUT2D eigenvalue weighted by Gasteiger charge is 2.19. The molecule has 376 valence electrons. The largest absolute Gasteiger partial charge is 0.462 e. The molecule has 0 spiro atoms. The number of unbranched alkanes of at least 4 members (excludes halogenated alkanes) is 18. The van der Waals surface area contributed by atoms with Crippen LogP contribution in [0.3, 0.4) is 0 Å². The maximum Gasteiger partial charge on any atom is 0.306 e.